The van der Waals surface area contributed by atoms with Gasteiger partial charge >= 0.3 is 0 Å². The average Bonchev–Trinajstić information content (AvgIpc) is 2.08. The third kappa shape index (κ3) is 1.54. The van der Waals surface area contributed by atoms with Gasteiger partial charge in [-0.3, -0.25) is 0 Å². The fraction of sp³-hybridized carbons (Fsp3) is 0.250. The van der Waals surface area contributed by atoms with E-state index in [1.165, 1.54) is 7.11 Å². The number of ether oxygens (including phenoxy) is 1. The second-order valence-electron chi connectivity index (χ2n) is 2.28. The molecule has 0 radical (unpaired) electrons. The summed E-state index contributed by atoms with van der Waals surface area (Å²) in [6.45, 7) is 0.332. The van der Waals surface area contributed by atoms with Crippen LogP contribution in [0.4, 0.5) is 0 Å². The molecule has 0 spiro atoms. The number of benzene rings is 1. The van der Waals surface area contributed by atoms with Crippen molar-refractivity contribution in [3.8, 4) is 11.5 Å². The minimum atomic E-state index is 0.112. The largest absolute Gasteiger partial charge is 0.504 e. The molecule has 0 aliphatic heterocycles. The van der Waals surface area contributed by atoms with E-state index in [9.17, 15) is 5.11 Å². The molecule has 66 valence electrons. The van der Waals surface area contributed by atoms with Crippen LogP contribution in [0.3, 0.4) is 0 Å². The van der Waals surface area contributed by atoms with E-state index in [4.69, 9.17) is 10.5 Å². The van der Waals surface area contributed by atoms with Gasteiger partial charge in [-0.05, 0) is 12.1 Å². The molecule has 0 fully saturated rings. The van der Waals surface area contributed by atoms with Gasteiger partial charge in [0.05, 0.1) is 7.11 Å². The molecule has 0 aliphatic rings. The number of nitrogens with two attached hydrogens (primary N) is 1. The lowest BCUT2D eigenvalue weighted by molar-refractivity contribution is 0.369. The van der Waals surface area contributed by atoms with Crippen molar-refractivity contribution in [3.63, 3.8) is 0 Å². The Balaban J connectivity index is 3.28. The van der Waals surface area contributed by atoms with Gasteiger partial charge in [0.25, 0.3) is 0 Å². The first-order valence-corrected chi connectivity index (χ1v) is 4.24. The summed E-state index contributed by atoms with van der Waals surface area (Å²) < 4.78 is 5.83. The summed E-state index contributed by atoms with van der Waals surface area (Å²) in [5.41, 5.74) is 6.25. The molecule has 0 heterocycles. The number of phenolic OH excluding ortho intramolecular Hbond substituents is 1. The Labute approximate surface area is 79.3 Å². The molecule has 0 atom stereocenters. The Hall–Kier alpha value is -0.740. The molecule has 4 heteroatoms. The van der Waals surface area contributed by atoms with Gasteiger partial charge in [0.15, 0.2) is 11.5 Å². The van der Waals surface area contributed by atoms with Crippen molar-refractivity contribution in [2.45, 2.75) is 6.54 Å². The highest BCUT2D eigenvalue weighted by atomic mass is 79.9. The third-order valence-electron chi connectivity index (χ3n) is 1.59. The summed E-state index contributed by atoms with van der Waals surface area (Å²) in [6.07, 6.45) is 0. The first-order valence-electron chi connectivity index (χ1n) is 3.45. The molecule has 12 heavy (non-hydrogen) atoms. The van der Waals surface area contributed by atoms with Crippen molar-refractivity contribution in [2.75, 3.05) is 7.11 Å². The molecular weight excluding hydrogens is 222 g/mol. The minimum absolute atomic E-state index is 0.112. The maximum absolute atomic E-state index is 9.35. The molecule has 0 aliphatic carbocycles. The van der Waals surface area contributed by atoms with Crippen LogP contribution in [0.5, 0.6) is 11.5 Å². The predicted octanol–water partition coefficient (Wildman–Crippen LogP) is 1.62. The average molecular weight is 232 g/mol. The lowest BCUT2D eigenvalue weighted by atomic mass is 10.2. The van der Waals surface area contributed by atoms with Crippen molar-refractivity contribution in [2.24, 2.45) is 5.73 Å². The van der Waals surface area contributed by atoms with Crippen LogP contribution in [0, 0.1) is 0 Å². The van der Waals surface area contributed by atoms with Gasteiger partial charge in [0, 0.05) is 16.6 Å². The molecular formula is C8H10BrNO2. The topological polar surface area (TPSA) is 55.5 Å². The first-order chi connectivity index (χ1) is 5.70. The van der Waals surface area contributed by atoms with Gasteiger partial charge in [0.2, 0.25) is 0 Å². The van der Waals surface area contributed by atoms with Crippen molar-refractivity contribution < 1.29 is 9.84 Å². The molecule has 3 N–H and O–H groups in total. The highest BCUT2D eigenvalue weighted by molar-refractivity contribution is 9.10. The maximum atomic E-state index is 9.35. The number of methoxy groups -OCH3 is 1. The molecule has 0 saturated heterocycles. The van der Waals surface area contributed by atoms with Crippen LogP contribution in [-0.4, -0.2) is 12.2 Å². The van der Waals surface area contributed by atoms with E-state index in [0.717, 1.165) is 10.0 Å². The Morgan fingerprint density at radius 1 is 1.58 bits per heavy atom. The van der Waals surface area contributed by atoms with E-state index in [1.54, 1.807) is 12.1 Å². The van der Waals surface area contributed by atoms with E-state index in [-0.39, 0.29) is 5.75 Å². The zero-order valence-electron chi connectivity index (χ0n) is 6.67. The van der Waals surface area contributed by atoms with E-state index < -0.39 is 0 Å². The molecule has 1 aromatic rings. The molecule has 0 unspecified atom stereocenters. The fourth-order valence-corrected chi connectivity index (χ4v) is 1.48. The molecule has 0 saturated carbocycles. The van der Waals surface area contributed by atoms with Crippen LogP contribution in [0.1, 0.15) is 5.56 Å². The van der Waals surface area contributed by atoms with Crippen LogP contribution in [0.15, 0.2) is 16.6 Å². The SMILES string of the molecule is COc1c(O)ccc(Br)c1CN. The summed E-state index contributed by atoms with van der Waals surface area (Å²) in [4.78, 5) is 0. The summed E-state index contributed by atoms with van der Waals surface area (Å²) in [5.74, 6) is 0.549. The highest BCUT2D eigenvalue weighted by Crippen LogP contribution is 2.34. The van der Waals surface area contributed by atoms with Gasteiger partial charge in [-0.2, -0.15) is 0 Å². The lowest BCUT2D eigenvalue weighted by Gasteiger charge is -2.09. The normalized spacial score (nSPS) is 9.92. The Kier molecular flexibility index (Phi) is 2.94. The van der Waals surface area contributed by atoms with E-state index in [2.05, 4.69) is 15.9 Å². The zero-order chi connectivity index (χ0) is 9.14. The molecule has 0 aromatic heterocycles. The van der Waals surface area contributed by atoms with Crippen LogP contribution < -0.4 is 10.5 Å². The predicted molar refractivity (Wildman–Crippen MR) is 50.3 cm³/mol. The number of hydrogen-bond acceptors (Lipinski definition) is 3. The summed E-state index contributed by atoms with van der Waals surface area (Å²) in [6, 6.07) is 3.29. The Morgan fingerprint density at radius 2 is 2.25 bits per heavy atom. The highest BCUT2D eigenvalue weighted by Gasteiger charge is 2.09. The van der Waals surface area contributed by atoms with E-state index in [0.29, 0.717) is 12.3 Å². The number of halogens is 1. The zero-order valence-corrected chi connectivity index (χ0v) is 8.26. The van der Waals surface area contributed by atoms with Crippen molar-refractivity contribution in [3.05, 3.63) is 22.2 Å². The van der Waals surface area contributed by atoms with Gasteiger partial charge in [-0.1, -0.05) is 15.9 Å². The summed E-state index contributed by atoms with van der Waals surface area (Å²) >= 11 is 3.31. The molecule has 3 nitrogen and oxygen atoms in total. The lowest BCUT2D eigenvalue weighted by Crippen LogP contribution is -2.00. The summed E-state index contributed by atoms with van der Waals surface area (Å²) in [7, 11) is 1.50. The molecule has 0 bridgehead atoms. The smallest absolute Gasteiger partial charge is 0.166 e. The van der Waals surface area contributed by atoms with E-state index in [1.807, 2.05) is 0 Å². The number of phenols is 1. The van der Waals surface area contributed by atoms with Gasteiger partial charge in [0.1, 0.15) is 0 Å². The first kappa shape index (κ1) is 9.35. The van der Waals surface area contributed by atoms with Crippen LogP contribution in [0.25, 0.3) is 0 Å². The number of hydrogen-bond donors (Lipinski definition) is 2. The van der Waals surface area contributed by atoms with Crippen molar-refractivity contribution in [1.29, 1.82) is 0 Å². The van der Waals surface area contributed by atoms with Gasteiger partial charge in [-0.25, -0.2) is 0 Å². The molecule has 1 aromatic carbocycles. The van der Waals surface area contributed by atoms with Gasteiger partial charge in [-0.15, -0.1) is 0 Å². The number of aromatic hydroxyl groups is 1. The third-order valence-corrected chi connectivity index (χ3v) is 2.33. The maximum Gasteiger partial charge on any atom is 0.166 e. The molecule has 0 amide bonds. The van der Waals surface area contributed by atoms with Crippen LogP contribution in [-0.2, 0) is 6.54 Å². The van der Waals surface area contributed by atoms with Crippen molar-refractivity contribution >= 4 is 15.9 Å². The summed E-state index contributed by atoms with van der Waals surface area (Å²) in [5, 5.41) is 9.35. The van der Waals surface area contributed by atoms with Crippen molar-refractivity contribution in [1.82, 2.24) is 0 Å². The standard InChI is InChI=1S/C8H10BrNO2/c1-12-8-5(4-10)6(9)2-3-7(8)11/h2-3,11H,4,10H2,1H3. The monoisotopic (exact) mass is 231 g/mol. The number of rotatable bonds is 2. The second-order valence-corrected chi connectivity index (χ2v) is 3.14. The fourth-order valence-electron chi connectivity index (χ4n) is 1.01. The minimum Gasteiger partial charge on any atom is -0.504 e. The van der Waals surface area contributed by atoms with Gasteiger partial charge < -0.3 is 15.6 Å². The Bertz CT molecular complexity index is 260. The van der Waals surface area contributed by atoms with Crippen LogP contribution in [0.2, 0.25) is 0 Å². The quantitative estimate of drug-likeness (QED) is 0.814. The Morgan fingerprint density at radius 3 is 2.67 bits per heavy atom. The second kappa shape index (κ2) is 3.78. The van der Waals surface area contributed by atoms with E-state index >= 15 is 0 Å². The molecule has 1 rings (SSSR count). The van der Waals surface area contributed by atoms with Crippen LogP contribution >= 0.6 is 15.9 Å².